The van der Waals surface area contributed by atoms with Crippen LogP contribution in [0.4, 0.5) is 5.69 Å². The van der Waals surface area contributed by atoms with E-state index in [0.717, 1.165) is 0 Å². The number of amides is 1. The molecule has 0 saturated heterocycles. The second kappa shape index (κ2) is 6.00. The third-order valence-electron chi connectivity index (χ3n) is 3.10. The van der Waals surface area contributed by atoms with Gasteiger partial charge >= 0.3 is 5.97 Å². The van der Waals surface area contributed by atoms with Crippen LogP contribution >= 0.6 is 0 Å². The van der Waals surface area contributed by atoms with Crippen LogP contribution < -0.4 is 4.90 Å². The number of anilines is 1. The van der Waals surface area contributed by atoms with E-state index in [2.05, 4.69) is 0 Å². The van der Waals surface area contributed by atoms with E-state index in [1.54, 1.807) is 43.4 Å². The molecule has 0 aliphatic carbocycles. The Hall–Kier alpha value is -2.95. The van der Waals surface area contributed by atoms with Crippen molar-refractivity contribution in [1.29, 1.82) is 0 Å². The summed E-state index contributed by atoms with van der Waals surface area (Å²) in [5.41, 5.74) is 1.12. The number of aromatic carboxylic acids is 1. The summed E-state index contributed by atoms with van der Waals surface area (Å²) < 4.78 is 0. The first-order chi connectivity index (χ1) is 10.0. The van der Waals surface area contributed by atoms with Crippen LogP contribution in [0.3, 0.4) is 0 Å². The van der Waals surface area contributed by atoms with Crippen molar-refractivity contribution in [2.24, 2.45) is 0 Å². The van der Waals surface area contributed by atoms with Crippen LogP contribution in [0.25, 0.3) is 0 Å². The van der Waals surface area contributed by atoms with Gasteiger partial charge in [-0.25, -0.2) is 4.79 Å². The fourth-order valence-corrected chi connectivity index (χ4v) is 1.93. The maximum Gasteiger partial charge on any atom is 0.336 e. The summed E-state index contributed by atoms with van der Waals surface area (Å²) in [7, 11) is 1.60. The summed E-state index contributed by atoms with van der Waals surface area (Å²) in [6.07, 6.45) is 0.663. The summed E-state index contributed by atoms with van der Waals surface area (Å²) in [6.45, 7) is 0. The van der Waals surface area contributed by atoms with Crippen molar-refractivity contribution in [2.75, 3.05) is 11.9 Å². The molecule has 0 bridgehead atoms. The Bertz CT molecular complexity index is 692. The van der Waals surface area contributed by atoms with Gasteiger partial charge in [-0.05, 0) is 30.3 Å². The highest BCUT2D eigenvalue weighted by molar-refractivity contribution is 6.14. The molecule has 5 nitrogen and oxygen atoms in total. The van der Waals surface area contributed by atoms with Gasteiger partial charge in [0.15, 0.2) is 5.78 Å². The van der Waals surface area contributed by atoms with E-state index in [1.165, 1.54) is 17.0 Å². The van der Waals surface area contributed by atoms with Gasteiger partial charge in [-0.2, -0.15) is 0 Å². The van der Waals surface area contributed by atoms with E-state index >= 15 is 0 Å². The third kappa shape index (κ3) is 2.97. The fraction of sp³-hybridized carbons (Fsp3) is 0.0625. The van der Waals surface area contributed by atoms with Crippen molar-refractivity contribution in [3.63, 3.8) is 0 Å². The first-order valence-electron chi connectivity index (χ1n) is 6.20. The molecule has 2 aromatic carbocycles. The van der Waals surface area contributed by atoms with Crippen molar-refractivity contribution in [1.82, 2.24) is 0 Å². The first kappa shape index (κ1) is 14.5. The molecule has 0 unspecified atom stereocenters. The molecule has 0 spiro atoms. The van der Waals surface area contributed by atoms with Gasteiger partial charge in [-0.15, -0.1) is 0 Å². The van der Waals surface area contributed by atoms with Crippen molar-refractivity contribution < 1.29 is 19.5 Å². The Morgan fingerprint density at radius 1 is 1.00 bits per heavy atom. The van der Waals surface area contributed by atoms with E-state index in [0.29, 0.717) is 17.7 Å². The molecular formula is C16H13NO4. The number of carboxylic acids is 1. The average Bonchev–Trinajstić information content (AvgIpc) is 2.53. The molecular weight excluding hydrogens is 270 g/mol. The molecule has 0 heterocycles. The molecule has 0 atom stereocenters. The van der Waals surface area contributed by atoms with Crippen LogP contribution in [0.15, 0.2) is 48.5 Å². The summed E-state index contributed by atoms with van der Waals surface area (Å²) in [6, 6.07) is 12.5. The number of hydrogen-bond donors (Lipinski definition) is 1. The van der Waals surface area contributed by atoms with Crippen molar-refractivity contribution in [3.05, 3.63) is 65.2 Å². The molecule has 0 saturated carbocycles. The Morgan fingerprint density at radius 3 is 2.10 bits per heavy atom. The molecule has 1 amide bonds. The SMILES string of the molecule is CN(C=O)c1ccc(C(=O)c2ccccc2C(=O)O)cc1. The minimum atomic E-state index is -1.14. The van der Waals surface area contributed by atoms with Crippen molar-refractivity contribution in [3.8, 4) is 0 Å². The summed E-state index contributed by atoms with van der Waals surface area (Å²) in [5.74, 6) is -1.51. The lowest BCUT2D eigenvalue weighted by Crippen LogP contribution is -2.14. The average molecular weight is 283 g/mol. The van der Waals surface area contributed by atoms with E-state index in [4.69, 9.17) is 5.11 Å². The number of carbonyl (C=O) groups is 3. The van der Waals surface area contributed by atoms with E-state index < -0.39 is 5.97 Å². The highest BCUT2D eigenvalue weighted by Crippen LogP contribution is 2.18. The molecule has 2 aromatic rings. The lowest BCUT2D eigenvalue weighted by Gasteiger charge is -2.11. The number of nitrogens with zero attached hydrogens (tertiary/aromatic N) is 1. The molecule has 106 valence electrons. The molecule has 0 aliphatic rings. The Morgan fingerprint density at radius 2 is 1.57 bits per heavy atom. The highest BCUT2D eigenvalue weighted by Gasteiger charge is 2.17. The predicted molar refractivity (Wildman–Crippen MR) is 77.7 cm³/mol. The minimum absolute atomic E-state index is 0.0309. The molecule has 0 fully saturated rings. The minimum Gasteiger partial charge on any atom is -0.478 e. The molecule has 0 aliphatic heterocycles. The molecule has 2 rings (SSSR count). The molecule has 1 N–H and O–H groups in total. The summed E-state index contributed by atoms with van der Waals surface area (Å²) in [4.78, 5) is 35.6. The molecule has 0 aromatic heterocycles. The Balaban J connectivity index is 2.37. The second-order valence-corrected chi connectivity index (χ2v) is 4.44. The Kier molecular flexibility index (Phi) is 4.13. The van der Waals surface area contributed by atoms with Gasteiger partial charge in [-0.1, -0.05) is 18.2 Å². The van der Waals surface area contributed by atoms with E-state index in [9.17, 15) is 14.4 Å². The van der Waals surface area contributed by atoms with Crippen LogP contribution in [-0.2, 0) is 4.79 Å². The van der Waals surface area contributed by atoms with Gasteiger partial charge in [0.2, 0.25) is 6.41 Å². The van der Waals surface area contributed by atoms with Crippen molar-refractivity contribution in [2.45, 2.75) is 0 Å². The topological polar surface area (TPSA) is 74.7 Å². The predicted octanol–water partition coefficient (Wildman–Crippen LogP) is 2.21. The lowest BCUT2D eigenvalue weighted by atomic mass is 9.98. The molecule has 0 radical (unpaired) electrons. The van der Waals surface area contributed by atoms with Crippen LogP contribution in [0.5, 0.6) is 0 Å². The van der Waals surface area contributed by atoms with Crippen LogP contribution in [-0.4, -0.2) is 30.3 Å². The van der Waals surface area contributed by atoms with Crippen LogP contribution in [0, 0.1) is 0 Å². The van der Waals surface area contributed by atoms with E-state index in [-0.39, 0.29) is 16.9 Å². The molecule has 5 heteroatoms. The monoisotopic (exact) mass is 283 g/mol. The lowest BCUT2D eigenvalue weighted by molar-refractivity contribution is -0.107. The molecule has 21 heavy (non-hydrogen) atoms. The third-order valence-corrected chi connectivity index (χ3v) is 3.10. The maximum absolute atomic E-state index is 12.4. The van der Waals surface area contributed by atoms with Gasteiger partial charge in [0.1, 0.15) is 0 Å². The van der Waals surface area contributed by atoms with E-state index in [1.807, 2.05) is 0 Å². The largest absolute Gasteiger partial charge is 0.478 e. The Labute approximate surface area is 121 Å². The van der Waals surface area contributed by atoms with Crippen LogP contribution in [0.2, 0.25) is 0 Å². The number of rotatable bonds is 5. The fourth-order valence-electron chi connectivity index (χ4n) is 1.93. The number of carbonyl (C=O) groups excluding carboxylic acids is 2. The number of ketones is 1. The zero-order valence-corrected chi connectivity index (χ0v) is 11.3. The number of carboxylic acid groups (broad SMARTS) is 1. The maximum atomic E-state index is 12.4. The summed E-state index contributed by atoms with van der Waals surface area (Å²) in [5, 5.41) is 9.11. The first-order valence-corrected chi connectivity index (χ1v) is 6.20. The van der Waals surface area contributed by atoms with Gasteiger partial charge in [0.05, 0.1) is 5.56 Å². The van der Waals surface area contributed by atoms with Gasteiger partial charge in [0, 0.05) is 23.9 Å². The smallest absolute Gasteiger partial charge is 0.336 e. The summed E-state index contributed by atoms with van der Waals surface area (Å²) >= 11 is 0. The van der Waals surface area contributed by atoms with Gasteiger partial charge in [-0.3, -0.25) is 9.59 Å². The highest BCUT2D eigenvalue weighted by atomic mass is 16.4. The van der Waals surface area contributed by atoms with Gasteiger partial charge in [0.25, 0.3) is 0 Å². The quantitative estimate of drug-likeness (QED) is 0.674. The number of hydrogen-bond acceptors (Lipinski definition) is 3. The zero-order chi connectivity index (χ0) is 15.4. The normalized spacial score (nSPS) is 9.95. The van der Waals surface area contributed by atoms with Gasteiger partial charge < -0.3 is 10.0 Å². The standard InChI is InChI=1S/C16H13NO4/c1-17(10-18)12-8-6-11(7-9-12)15(19)13-4-2-3-5-14(13)16(20)21/h2-10H,1H3,(H,20,21). The van der Waals surface area contributed by atoms with Crippen LogP contribution in [0.1, 0.15) is 26.3 Å². The zero-order valence-electron chi connectivity index (χ0n) is 11.3. The van der Waals surface area contributed by atoms with Crippen molar-refractivity contribution >= 4 is 23.9 Å². The number of benzene rings is 2. The second-order valence-electron chi connectivity index (χ2n) is 4.44.